The first-order chi connectivity index (χ1) is 9.11. The lowest BCUT2D eigenvalue weighted by molar-refractivity contribution is 0.102. The molecular weight excluding hydrogens is 262 g/mol. The number of benzene rings is 1. The Morgan fingerprint density at radius 3 is 2.79 bits per heavy atom. The molecule has 2 aromatic rings. The Hall–Kier alpha value is -2.07. The van der Waals surface area contributed by atoms with Crippen LogP contribution in [0.4, 0.5) is 11.5 Å². The Morgan fingerprint density at radius 1 is 1.32 bits per heavy atom. The lowest BCUT2D eigenvalue weighted by Gasteiger charge is -2.10. The molecule has 19 heavy (non-hydrogen) atoms. The van der Waals surface area contributed by atoms with Crippen LogP contribution >= 0.6 is 11.6 Å². The van der Waals surface area contributed by atoms with Crippen LogP contribution in [0.3, 0.4) is 0 Å². The van der Waals surface area contributed by atoms with Crippen LogP contribution in [0.1, 0.15) is 23.0 Å². The highest BCUT2D eigenvalue weighted by Crippen LogP contribution is 2.19. The minimum absolute atomic E-state index is 0.132. The number of nitrogens with one attached hydrogen (secondary N) is 1. The maximum Gasteiger partial charge on any atom is 0.275 e. The summed E-state index contributed by atoms with van der Waals surface area (Å²) >= 11 is 5.95. The van der Waals surface area contributed by atoms with Gasteiger partial charge >= 0.3 is 0 Å². The molecule has 0 fully saturated rings. The fraction of sp³-hybridized carbons (Fsp3) is 0.143. The number of para-hydroxylation sites is 1. The molecule has 2 rings (SSSR count). The number of anilines is 2. The van der Waals surface area contributed by atoms with Crippen LogP contribution in [-0.2, 0) is 6.42 Å². The molecule has 4 nitrogen and oxygen atoms in total. The Labute approximate surface area is 116 Å². The highest BCUT2D eigenvalue weighted by molar-refractivity contribution is 6.34. The zero-order valence-corrected chi connectivity index (χ0v) is 11.2. The van der Waals surface area contributed by atoms with Gasteiger partial charge in [0, 0.05) is 5.69 Å². The molecule has 0 saturated heterocycles. The largest absolute Gasteiger partial charge is 0.384 e. The summed E-state index contributed by atoms with van der Waals surface area (Å²) in [6.07, 6.45) is 0.828. The van der Waals surface area contributed by atoms with Crippen molar-refractivity contribution in [2.45, 2.75) is 13.3 Å². The van der Waals surface area contributed by atoms with E-state index in [1.807, 2.05) is 31.2 Å². The Balaban J connectivity index is 2.28. The summed E-state index contributed by atoms with van der Waals surface area (Å²) in [5, 5.41) is 3.08. The number of rotatable bonds is 3. The molecule has 1 aromatic heterocycles. The number of carbonyl (C=O) groups is 1. The van der Waals surface area contributed by atoms with Crippen LogP contribution in [-0.4, -0.2) is 10.9 Å². The number of aryl methyl sites for hydroxylation is 1. The number of carbonyl (C=O) groups excluding carboxylic acids is 1. The van der Waals surface area contributed by atoms with Crippen molar-refractivity contribution in [3.63, 3.8) is 0 Å². The molecule has 5 heteroatoms. The van der Waals surface area contributed by atoms with Crippen molar-refractivity contribution in [2.75, 3.05) is 11.1 Å². The van der Waals surface area contributed by atoms with Gasteiger partial charge in [0.05, 0.1) is 5.02 Å². The molecule has 1 aromatic carbocycles. The molecule has 0 bridgehead atoms. The zero-order valence-electron chi connectivity index (χ0n) is 10.5. The van der Waals surface area contributed by atoms with Crippen LogP contribution in [0.15, 0.2) is 36.4 Å². The van der Waals surface area contributed by atoms with E-state index in [0.29, 0.717) is 0 Å². The smallest absolute Gasteiger partial charge is 0.275 e. The first-order valence-electron chi connectivity index (χ1n) is 5.93. The topological polar surface area (TPSA) is 68.0 Å². The van der Waals surface area contributed by atoms with E-state index in [4.69, 9.17) is 17.3 Å². The minimum atomic E-state index is -0.363. The third-order valence-corrected chi connectivity index (χ3v) is 3.03. The highest BCUT2D eigenvalue weighted by Gasteiger charge is 2.14. The molecule has 0 spiro atoms. The zero-order chi connectivity index (χ0) is 13.8. The number of aromatic nitrogens is 1. The van der Waals surface area contributed by atoms with E-state index in [9.17, 15) is 4.79 Å². The van der Waals surface area contributed by atoms with E-state index in [-0.39, 0.29) is 22.4 Å². The number of nitrogen functional groups attached to an aromatic ring is 1. The van der Waals surface area contributed by atoms with Crippen LogP contribution in [0.5, 0.6) is 0 Å². The maximum absolute atomic E-state index is 12.1. The quantitative estimate of drug-likeness (QED) is 0.904. The van der Waals surface area contributed by atoms with Gasteiger partial charge in [-0.1, -0.05) is 36.7 Å². The van der Waals surface area contributed by atoms with Crippen molar-refractivity contribution >= 4 is 29.0 Å². The first kappa shape index (κ1) is 13.4. The second kappa shape index (κ2) is 5.71. The molecule has 98 valence electrons. The molecule has 0 aliphatic rings. The van der Waals surface area contributed by atoms with Gasteiger partial charge in [0.15, 0.2) is 0 Å². The van der Waals surface area contributed by atoms with E-state index in [2.05, 4.69) is 10.3 Å². The molecule has 0 aliphatic heterocycles. The molecule has 0 radical (unpaired) electrons. The molecule has 0 aliphatic carbocycles. The Morgan fingerprint density at radius 2 is 2.05 bits per heavy atom. The van der Waals surface area contributed by atoms with Crippen molar-refractivity contribution in [3.8, 4) is 0 Å². The summed E-state index contributed by atoms with van der Waals surface area (Å²) in [5.74, 6) is -0.100. The number of pyridine rings is 1. The Kier molecular flexibility index (Phi) is 4.02. The number of amides is 1. The van der Waals surface area contributed by atoms with E-state index >= 15 is 0 Å². The van der Waals surface area contributed by atoms with Crippen molar-refractivity contribution < 1.29 is 4.79 Å². The highest BCUT2D eigenvalue weighted by atomic mass is 35.5. The van der Waals surface area contributed by atoms with Gasteiger partial charge in [-0.25, -0.2) is 4.98 Å². The summed E-state index contributed by atoms with van der Waals surface area (Å²) < 4.78 is 0. The lowest BCUT2D eigenvalue weighted by Crippen LogP contribution is -2.16. The summed E-state index contributed by atoms with van der Waals surface area (Å²) in [7, 11) is 0. The van der Waals surface area contributed by atoms with Crippen LogP contribution in [0, 0.1) is 0 Å². The van der Waals surface area contributed by atoms with Crippen molar-refractivity contribution in [1.82, 2.24) is 4.98 Å². The molecule has 1 amide bonds. The van der Waals surface area contributed by atoms with E-state index in [1.54, 1.807) is 12.1 Å². The van der Waals surface area contributed by atoms with E-state index < -0.39 is 0 Å². The normalized spacial score (nSPS) is 10.2. The fourth-order valence-corrected chi connectivity index (χ4v) is 1.94. The molecule has 0 unspecified atom stereocenters. The molecule has 0 atom stereocenters. The summed E-state index contributed by atoms with van der Waals surface area (Å²) in [4.78, 5) is 16.1. The van der Waals surface area contributed by atoms with Gasteiger partial charge in [0.2, 0.25) is 0 Å². The number of nitrogens with two attached hydrogens (primary N) is 1. The van der Waals surface area contributed by atoms with Crippen molar-refractivity contribution in [3.05, 3.63) is 52.7 Å². The van der Waals surface area contributed by atoms with Crippen LogP contribution < -0.4 is 11.1 Å². The summed E-state index contributed by atoms with van der Waals surface area (Å²) in [6.45, 7) is 2.02. The van der Waals surface area contributed by atoms with Gasteiger partial charge in [-0.15, -0.1) is 0 Å². The fourth-order valence-electron chi connectivity index (χ4n) is 1.75. The van der Waals surface area contributed by atoms with Crippen LogP contribution in [0.2, 0.25) is 5.02 Å². The number of hydrogen-bond acceptors (Lipinski definition) is 3. The van der Waals surface area contributed by atoms with Crippen LogP contribution in [0.25, 0.3) is 0 Å². The number of hydrogen-bond donors (Lipinski definition) is 2. The minimum Gasteiger partial charge on any atom is -0.384 e. The average molecular weight is 276 g/mol. The van der Waals surface area contributed by atoms with Gasteiger partial charge in [-0.3, -0.25) is 4.79 Å². The third kappa shape index (κ3) is 3.03. The van der Waals surface area contributed by atoms with Crippen molar-refractivity contribution in [2.24, 2.45) is 0 Å². The lowest BCUT2D eigenvalue weighted by atomic mass is 10.1. The van der Waals surface area contributed by atoms with Gasteiger partial charge in [-0.05, 0) is 30.2 Å². The molecule has 0 saturated carbocycles. The predicted octanol–water partition coefficient (Wildman–Crippen LogP) is 3.13. The van der Waals surface area contributed by atoms with Gasteiger partial charge < -0.3 is 11.1 Å². The molecular formula is C14H14ClN3O. The first-order valence-corrected chi connectivity index (χ1v) is 6.31. The summed E-state index contributed by atoms with van der Waals surface area (Å²) in [5.41, 5.74) is 7.51. The van der Waals surface area contributed by atoms with Gasteiger partial charge in [0.25, 0.3) is 5.91 Å². The SMILES string of the molecule is CCc1ccccc1NC(=O)c1nc(N)ccc1Cl. The predicted molar refractivity (Wildman–Crippen MR) is 77.4 cm³/mol. The van der Waals surface area contributed by atoms with E-state index in [0.717, 1.165) is 17.7 Å². The monoisotopic (exact) mass is 275 g/mol. The van der Waals surface area contributed by atoms with Gasteiger partial charge in [0.1, 0.15) is 11.5 Å². The second-order valence-corrected chi connectivity index (χ2v) is 4.44. The molecule has 3 N–H and O–H groups in total. The standard InChI is InChI=1S/C14H14ClN3O/c1-2-9-5-3-4-6-11(9)17-14(19)13-10(15)7-8-12(16)18-13/h3-8H,2H2,1H3,(H2,16,18)(H,17,19). The number of nitrogens with zero attached hydrogens (tertiary/aromatic N) is 1. The second-order valence-electron chi connectivity index (χ2n) is 4.03. The Bertz CT molecular complexity index is 613. The van der Waals surface area contributed by atoms with E-state index in [1.165, 1.54) is 0 Å². The summed E-state index contributed by atoms with van der Waals surface area (Å²) in [6, 6.07) is 10.7. The average Bonchev–Trinajstić information content (AvgIpc) is 2.42. The maximum atomic E-state index is 12.1. The number of halogens is 1. The molecule has 1 heterocycles. The third-order valence-electron chi connectivity index (χ3n) is 2.73. The van der Waals surface area contributed by atoms with Crippen molar-refractivity contribution in [1.29, 1.82) is 0 Å². The van der Waals surface area contributed by atoms with Gasteiger partial charge in [-0.2, -0.15) is 0 Å².